The first-order valence-corrected chi connectivity index (χ1v) is 5.60. The molecule has 1 heterocycles. The number of ether oxygens (including phenoxy) is 1. The van der Waals surface area contributed by atoms with E-state index in [-0.39, 0.29) is 5.97 Å². The lowest BCUT2D eigenvalue weighted by atomic mass is 10.2. The van der Waals surface area contributed by atoms with Crippen molar-refractivity contribution in [1.82, 2.24) is 9.97 Å². The molecule has 0 aliphatic rings. The summed E-state index contributed by atoms with van der Waals surface area (Å²) in [5.74, 6) is -0.299. The second-order valence-electron chi connectivity index (χ2n) is 2.97. The van der Waals surface area contributed by atoms with Crippen LogP contribution in [0.3, 0.4) is 0 Å². The molecule has 1 N–H and O–H groups in total. The first-order chi connectivity index (χ1) is 7.22. The summed E-state index contributed by atoms with van der Waals surface area (Å²) >= 11 is 2.11. The largest absolute Gasteiger partial charge is 0.462 e. The van der Waals surface area contributed by atoms with Crippen LogP contribution in [-0.4, -0.2) is 22.5 Å². The number of aromatic amines is 1. The Morgan fingerprint density at radius 1 is 1.60 bits per heavy atom. The summed E-state index contributed by atoms with van der Waals surface area (Å²) in [4.78, 5) is 18.7. The van der Waals surface area contributed by atoms with Gasteiger partial charge in [0.15, 0.2) is 0 Å². The van der Waals surface area contributed by atoms with Crippen LogP contribution in [0.1, 0.15) is 17.3 Å². The monoisotopic (exact) mass is 316 g/mol. The number of hydrogen-bond donors (Lipinski definition) is 1. The molecule has 0 saturated carbocycles. The molecule has 0 aliphatic carbocycles. The molecule has 0 saturated heterocycles. The number of aromatic nitrogens is 2. The number of carbonyl (C=O) groups is 1. The van der Waals surface area contributed by atoms with E-state index in [1.165, 1.54) is 0 Å². The Labute approximate surface area is 100 Å². The van der Waals surface area contributed by atoms with Crippen molar-refractivity contribution in [3.8, 4) is 0 Å². The number of nitrogens with one attached hydrogen (secondary N) is 1. The normalized spacial score (nSPS) is 10.5. The van der Waals surface area contributed by atoms with E-state index in [9.17, 15) is 4.79 Å². The highest BCUT2D eigenvalue weighted by molar-refractivity contribution is 14.1. The second kappa shape index (κ2) is 4.18. The van der Waals surface area contributed by atoms with Gasteiger partial charge in [0, 0.05) is 3.57 Å². The first-order valence-electron chi connectivity index (χ1n) is 4.52. The summed E-state index contributed by atoms with van der Waals surface area (Å²) < 4.78 is 5.82. The lowest BCUT2D eigenvalue weighted by molar-refractivity contribution is 0.0525. The summed E-state index contributed by atoms with van der Waals surface area (Å²) in [5, 5.41) is 0. The second-order valence-corrected chi connectivity index (χ2v) is 4.13. The average molecular weight is 316 g/mol. The number of imidazole rings is 1. The van der Waals surface area contributed by atoms with Crippen LogP contribution >= 0.6 is 22.6 Å². The Bertz CT molecular complexity index is 507. The number of nitrogens with zero attached hydrogens (tertiary/aromatic N) is 1. The van der Waals surface area contributed by atoms with E-state index in [0.29, 0.717) is 12.2 Å². The molecule has 4 nitrogen and oxygen atoms in total. The molecule has 0 radical (unpaired) electrons. The highest BCUT2D eigenvalue weighted by Crippen LogP contribution is 2.19. The van der Waals surface area contributed by atoms with Gasteiger partial charge in [0.25, 0.3) is 0 Å². The molecular weight excluding hydrogens is 307 g/mol. The van der Waals surface area contributed by atoms with Crippen LogP contribution in [0.4, 0.5) is 0 Å². The minimum atomic E-state index is -0.299. The molecule has 78 valence electrons. The van der Waals surface area contributed by atoms with Crippen LogP contribution in [-0.2, 0) is 4.74 Å². The Kier molecular flexibility index (Phi) is 2.90. The quantitative estimate of drug-likeness (QED) is 0.683. The summed E-state index contributed by atoms with van der Waals surface area (Å²) in [5.41, 5.74) is 2.27. The predicted octanol–water partition coefficient (Wildman–Crippen LogP) is 2.34. The molecule has 2 aromatic rings. The fourth-order valence-corrected chi connectivity index (χ4v) is 2.01. The molecule has 0 fully saturated rings. The highest BCUT2D eigenvalue weighted by atomic mass is 127. The third-order valence-corrected chi connectivity index (χ3v) is 2.90. The van der Waals surface area contributed by atoms with E-state index in [1.807, 2.05) is 6.07 Å². The number of H-pyrrole nitrogens is 1. The van der Waals surface area contributed by atoms with E-state index in [2.05, 4.69) is 32.6 Å². The number of carbonyl (C=O) groups excluding carboxylic acids is 1. The summed E-state index contributed by atoms with van der Waals surface area (Å²) in [6, 6.07) is 3.63. The third-order valence-electron chi connectivity index (χ3n) is 2.00. The highest BCUT2D eigenvalue weighted by Gasteiger charge is 2.12. The van der Waals surface area contributed by atoms with Crippen LogP contribution < -0.4 is 0 Å². The van der Waals surface area contributed by atoms with Crippen LogP contribution in [0, 0.1) is 3.57 Å². The number of fused-ring (bicyclic) bond motifs is 1. The molecule has 0 amide bonds. The van der Waals surface area contributed by atoms with Gasteiger partial charge in [-0.1, -0.05) is 0 Å². The Morgan fingerprint density at radius 2 is 2.40 bits per heavy atom. The van der Waals surface area contributed by atoms with Gasteiger partial charge in [-0.15, -0.1) is 0 Å². The number of halogens is 1. The van der Waals surface area contributed by atoms with Gasteiger partial charge in [-0.2, -0.15) is 0 Å². The molecular formula is C10H9IN2O2. The Hall–Kier alpha value is -1.11. The summed E-state index contributed by atoms with van der Waals surface area (Å²) in [6.07, 6.45) is 1.61. The molecule has 0 aliphatic heterocycles. The summed E-state index contributed by atoms with van der Waals surface area (Å²) in [7, 11) is 0. The van der Waals surface area contributed by atoms with Gasteiger partial charge in [0.05, 0.1) is 29.5 Å². The van der Waals surface area contributed by atoms with Gasteiger partial charge in [0.2, 0.25) is 0 Å². The van der Waals surface area contributed by atoms with E-state index < -0.39 is 0 Å². The molecule has 0 spiro atoms. The van der Waals surface area contributed by atoms with Crippen molar-refractivity contribution in [3.63, 3.8) is 0 Å². The van der Waals surface area contributed by atoms with E-state index in [0.717, 1.165) is 14.6 Å². The van der Waals surface area contributed by atoms with Crippen LogP contribution in [0.25, 0.3) is 11.0 Å². The lowest BCUT2D eigenvalue weighted by Gasteiger charge is -2.03. The SMILES string of the molecule is CCOC(=O)c1cc2nc[nH]c2cc1I. The Morgan fingerprint density at radius 3 is 3.13 bits per heavy atom. The zero-order chi connectivity index (χ0) is 10.8. The van der Waals surface area contributed by atoms with Crippen molar-refractivity contribution in [1.29, 1.82) is 0 Å². The van der Waals surface area contributed by atoms with E-state index >= 15 is 0 Å². The molecule has 1 aromatic heterocycles. The fourth-order valence-electron chi connectivity index (χ4n) is 1.32. The standard InChI is InChI=1S/C10H9IN2O2/c1-2-15-10(14)6-3-8-9(4-7(6)11)13-5-12-8/h3-5H,2H2,1H3,(H,12,13). The zero-order valence-corrected chi connectivity index (χ0v) is 10.2. The van der Waals surface area contributed by atoms with Crippen molar-refractivity contribution in [2.75, 3.05) is 6.61 Å². The smallest absolute Gasteiger partial charge is 0.339 e. The third kappa shape index (κ3) is 1.97. The molecule has 5 heteroatoms. The maximum Gasteiger partial charge on any atom is 0.339 e. The van der Waals surface area contributed by atoms with Gasteiger partial charge in [0.1, 0.15) is 0 Å². The van der Waals surface area contributed by atoms with Gasteiger partial charge in [-0.25, -0.2) is 9.78 Å². The molecule has 15 heavy (non-hydrogen) atoms. The van der Waals surface area contributed by atoms with Gasteiger partial charge >= 0.3 is 5.97 Å². The molecule has 1 aromatic carbocycles. The minimum absolute atomic E-state index is 0.299. The van der Waals surface area contributed by atoms with Crippen molar-refractivity contribution in [2.45, 2.75) is 6.92 Å². The number of hydrogen-bond acceptors (Lipinski definition) is 3. The molecule has 0 unspecified atom stereocenters. The average Bonchev–Trinajstić information content (AvgIpc) is 2.63. The Balaban J connectivity index is 2.50. The first kappa shape index (κ1) is 10.4. The van der Waals surface area contributed by atoms with E-state index in [4.69, 9.17) is 4.74 Å². The maximum atomic E-state index is 11.6. The summed E-state index contributed by atoms with van der Waals surface area (Å²) in [6.45, 7) is 2.17. The topological polar surface area (TPSA) is 55.0 Å². The predicted molar refractivity (Wildman–Crippen MR) is 64.8 cm³/mol. The van der Waals surface area contributed by atoms with Crippen LogP contribution in [0.5, 0.6) is 0 Å². The lowest BCUT2D eigenvalue weighted by Crippen LogP contribution is -2.06. The molecule has 0 bridgehead atoms. The maximum absolute atomic E-state index is 11.6. The van der Waals surface area contributed by atoms with Gasteiger partial charge < -0.3 is 9.72 Å². The number of esters is 1. The van der Waals surface area contributed by atoms with Crippen molar-refractivity contribution in [3.05, 3.63) is 27.6 Å². The van der Waals surface area contributed by atoms with Crippen LogP contribution in [0.2, 0.25) is 0 Å². The number of rotatable bonds is 2. The minimum Gasteiger partial charge on any atom is -0.462 e. The van der Waals surface area contributed by atoms with Crippen LogP contribution in [0.15, 0.2) is 18.5 Å². The fraction of sp³-hybridized carbons (Fsp3) is 0.200. The van der Waals surface area contributed by atoms with Crippen molar-refractivity contribution in [2.24, 2.45) is 0 Å². The van der Waals surface area contributed by atoms with E-state index in [1.54, 1.807) is 19.3 Å². The molecule has 2 rings (SSSR count). The zero-order valence-electron chi connectivity index (χ0n) is 8.08. The van der Waals surface area contributed by atoms with Crippen molar-refractivity contribution < 1.29 is 9.53 Å². The molecule has 0 atom stereocenters. The van der Waals surface area contributed by atoms with Gasteiger partial charge in [-0.05, 0) is 41.6 Å². The van der Waals surface area contributed by atoms with Crippen molar-refractivity contribution >= 4 is 39.6 Å². The van der Waals surface area contributed by atoms with Gasteiger partial charge in [-0.3, -0.25) is 0 Å². The number of benzene rings is 1.